The minimum absolute atomic E-state index is 1.09. The topological polar surface area (TPSA) is 12.4 Å². The Labute approximate surface area is 292 Å². The van der Waals surface area contributed by atoms with Crippen LogP contribution in [-0.4, -0.2) is 23.9 Å². The van der Waals surface area contributed by atoms with Gasteiger partial charge in [0.25, 0.3) is 0 Å². The van der Waals surface area contributed by atoms with Gasteiger partial charge in [-0.2, -0.15) is 4.99 Å². The number of allylic oxidation sites excluding steroid dienone is 2. The molecule has 1 heterocycles. The second kappa shape index (κ2) is 31.6. The lowest BCUT2D eigenvalue weighted by molar-refractivity contribution is -0.782. The molecule has 1 unspecified atom stereocenters. The van der Waals surface area contributed by atoms with E-state index in [1.165, 1.54) is 243 Å². The number of amidine groups is 1. The molecule has 0 aromatic carbocycles. The smallest absolute Gasteiger partial charge is 0.207 e. The fourth-order valence-corrected chi connectivity index (χ4v) is 7.76. The second-order valence-electron chi connectivity index (χ2n) is 15.5. The zero-order chi connectivity index (χ0) is 33.4. The van der Waals surface area contributed by atoms with Crippen molar-refractivity contribution in [2.45, 2.75) is 252 Å². The summed E-state index contributed by atoms with van der Waals surface area (Å²) < 4.78 is 1.09. The third kappa shape index (κ3) is 21.4. The zero-order valence-corrected chi connectivity index (χ0v) is 32.9. The van der Waals surface area contributed by atoms with Crippen molar-refractivity contribution in [3.63, 3.8) is 0 Å². The fraction of sp³-hybridized carbons (Fsp3) is 0.932. The average Bonchev–Trinajstić information content (AvgIpc) is 3.32. The molecule has 0 aromatic rings. The molecule has 2 heteroatoms. The quantitative estimate of drug-likeness (QED) is 0.0476. The molecule has 1 rings (SSSR count). The summed E-state index contributed by atoms with van der Waals surface area (Å²) in [6.45, 7) is 10.6. The van der Waals surface area contributed by atoms with Crippen molar-refractivity contribution >= 4 is 5.84 Å². The maximum Gasteiger partial charge on any atom is 0.207 e. The van der Waals surface area contributed by atoms with E-state index in [9.17, 15) is 0 Å². The van der Waals surface area contributed by atoms with Gasteiger partial charge in [0.05, 0.1) is 13.6 Å². The first-order chi connectivity index (χ1) is 22.6. The van der Waals surface area contributed by atoms with Crippen molar-refractivity contribution in [2.75, 3.05) is 13.6 Å². The number of nitrogens with zero attached hydrogens (tertiary/aromatic N) is 2. The van der Waals surface area contributed by atoms with Gasteiger partial charge in [-0.15, -0.1) is 0 Å². The van der Waals surface area contributed by atoms with Crippen LogP contribution in [-0.2, 0) is 0 Å². The third-order valence-electron chi connectivity index (χ3n) is 11.0. The number of aliphatic imine (C=N–C) groups is 1. The summed E-state index contributed by atoms with van der Waals surface area (Å²) in [6.07, 6.45) is 48.8. The monoisotopic (exact) mass is 644 g/mol. The van der Waals surface area contributed by atoms with Gasteiger partial charge < -0.3 is 0 Å². The molecular weight excluding hydrogens is 556 g/mol. The molecule has 0 amide bonds. The minimum atomic E-state index is 1.09. The highest BCUT2D eigenvalue weighted by Crippen LogP contribution is 2.37. The van der Waals surface area contributed by atoms with Crippen molar-refractivity contribution in [1.29, 1.82) is 0 Å². The van der Waals surface area contributed by atoms with Gasteiger partial charge in [-0.1, -0.05) is 201 Å². The van der Waals surface area contributed by atoms with Crippen molar-refractivity contribution in [3.8, 4) is 0 Å². The lowest BCUT2D eigenvalue weighted by Gasteiger charge is -2.33. The first kappa shape index (κ1) is 43.4. The van der Waals surface area contributed by atoms with E-state index in [4.69, 9.17) is 4.99 Å². The predicted octanol–water partition coefficient (Wildman–Crippen LogP) is 15.8. The molecule has 2 nitrogen and oxygen atoms in total. The van der Waals surface area contributed by atoms with E-state index >= 15 is 0 Å². The highest BCUT2D eigenvalue weighted by atomic mass is 15.4. The van der Waals surface area contributed by atoms with Crippen LogP contribution in [0.15, 0.2) is 16.4 Å². The highest BCUT2D eigenvalue weighted by molar-refractivity contribution is 5.79. The van der Waals surface area contributed by atoms with E-state index in [0.29, 0.717) is 0 Å². The third-order valence-corrected chi connectivity index (χ3v) is 11.0. The Bertz CT molecular complexity index is 721. The van der Waals surface area contributed by atoms with Crippen LogP contribution in [0.25, 0.3) is 0 Å². The molecule has 0 saturated carbocycles. The Morgan fingerprint density at radius 2 is 0.652 bits per heavy atom. The molecule has 1 atom stereocenters. The Morgan fingerprint density at radius 1 is 0.348 bits per heavy atom. The largest absolute Gasteiger partial charge is 0.251 e. The highest BCUT2D eigenvalue weighted by Gasteiger charge is 2.40. The average molecular weight is 644 g/mol. The van der Waals surface area contributed by atoms with E-state index in [0.717, 1.165) is 4.48 Å². The molecular formula is C44H87N2+. The van der Waals surface area contributed by atoms with Crippen LogP contribution in [0, 0.1) is 0 Å². The lowest BCUT2D eigenvalue weighted by Crippen LogP contribution is -2.47. The Balaban J connectivity index is 2.82. The number of unbranched alkanes of at least 4 members (excludes halogenated alkanes) is 28. The Hall–Kier alpha value is -0.630. The number of hydrogen-bond acceptors (Lipinski definition) is 1. The molecule has 0 bridgehead atoms. The summed E-state index contributed by atoms with van der Waals surface area (Å²) in [4.78, 5) is 5.61. The van der Waals surface area contributed by atoms with Gasteiger partial charge in [-0.25, -0.2) is 0 Å². The first-order valence-electron chi connectivity index (χ1n) is 21.8. The summed E-state index contributed by atoms with van der Waals surface area (Å²) in [5, 5.41) is 0. The van der Waals surface area contributed by atoms with Crippen molar-refractivity contribution in [2.24, 2.45) is 4.99 Å². The summed E-state index contributed by atoms with van der Waals surface area (Å²) in [6, 6.07) is 0. The van der Waals surface area contributed by atoms with Crippen LogP contribution in [0.3, 0.4) is 0 Å². The van der Waals surface area contributed by atoms with Crippen molar-refractivity contribution in [3.05, 3.63) is 11.4 Å². The van der Waals surface area contributed by atoms with Gasteiger partial charge in [0.1, 0.15) is 11.4 Å². The first-order valence-corrected chi connectivity index (χ1v) is 21.8. The van der Waals surface area contributed by atoms with Gasteiger partial charge in [-0.3, -0.25) is 4.48 Å². The Morgan fingerprint density at radius 3 is 1.04 bits per heavy atom. The molecule has 0 fully saturated rings. The molecule has 0 radical (unpaired) electrons. The second-order valence-corrected chi connectivity index (χ2v) is 15.5. The maximum atomic E-state index is 5.61. The molecule has 0 N–H and O–H groups in total. The number of rotatable bonds is 36. The summed E-state index contributed by atoms with van der Waals surface area (Å²) in [5.41, 5.74) is 3.28. The molecule has 272 valence electrons. The van der Waals surface area contributed by atoms with E-state index in [-0.39, 0.29) is 0 Å². The van der Waals surface area contributed by atoms with Gasteiger partial charge in [0.2, 0.25) is 5.84 Å². The van der Waals surface area contributed by atoms with Gasteiger partial charge in [0, 0.05) is 12.8 Å². The van der Waals surface area contributed by atoms with Crippen LogP contribution in [0.2, 0.25) is 0 Å². The van der Waals surface area contributed by atoms with E-state index in [1.54, 1.807) is 5.70 Å². The number of hydrogen-bond donors (Lipinski definition) is 0. The van der Waals surface area contributed by atoms with E-state index in [1.807, 2.05) is 0 Å². The molecule has 0 saturated heterocycles. The molecule has 1 aliphatic heterocycles. The van der Waals surface area contributed by atoms with Crippen molar-refractivity contribution in [1.82, 2.24) is 0 Å². The molecule has 46 heavy (non-hydrogen) atoms. The predicted molar refractivity (Wildman–Crippen MR) is 210 cm³/mol. The molecule has 0 spiro atoms. The lowest BCUT2D eigenvalue weighted by atomic mass is 10.0. The standard InChI is InChI=1S/C44H87N2/c1-6-10-14-18-22-26-30-34-38-42-43(39-35-31-27-23-19-15-11-7-2)46(5,41-37-33-29-25-21-17-13-9-4)44(45-42)40-36-32-28-24-20-16-12-8-3/h6-41H2,1-5H3/q+1. The van der Waals surface area contributed by atoms with Crippen LogP contribution >= 0.6 is 0 Å². The van der Waals surface area contributed by atoms with Crippen LogP contribution < -0.4 is 0 Å². The molecule has 1 aliphatic rings. The van der Waals surface area contributed by atoms with Crippen LogP contribution in [0.4, 0.5) is 0 Å². The summed E-state index contributed by atoms with van der Waals surface area (Å²) >= 11 is 0. The van der Waals surface area contributed by atoms with Gasteiger partial charge >= 0.3 is 0 Å². The van der Waals surface area contributed by atoms with Crippen LogP contribution in [0.1, 0.15) is 252 Å². The van der Waals surface area contributed by atoms with E-state index < -0.39 is 0 Å². The van der Waals surface area contributed by atoms with E-state index in [2.05, 4.69) is 34.7 Å². The van der Waals surface area contributed by atoms with Gasteiger partial charge in [-0.05, 0) is 38.5 Å². The molecule has 0 aliphatic carbocycles. The summed E-state index contributed by atoms with van der Waals surface area (Å²) in [7, 11) is 2.59. The molecule has 0 aromatic heterocycles. The normalized spacial score (nSPS) is 16.6. The minimum Gasteiger partial charge on any atom is -0.251 e. The zero-order valence-electron chi connectivity index (χ0n) is 32.9. The Kier molecular flexibility index (Phi) is 29.8. The maximum absolute atomic E-state index is 5.61. The summed E-state index contributed by atoms with van der Waals surface area (Å²) in [5.74, 6) is 1.54. The van der Waals surface area contributed by atoms with Crippen molar-refractivity contribution < 1.29 is 4.48 Å². The fourth-order valence-electron chi connectivity index (χ4n) is 7.76. The van der Waals surface area contributed by atoms with Crippen LogP contribution in [0.5, 0.6) is 0 Å². The van der Waals surface area contributed by atoms with Gasteiger partial charge in [0.15, 0.2) is 0 Å². The number of quaternary nitrogens is 1. The SMILES string of the molecule is CCCCCCCCCCC1=NC(CCCCCCCCCC)=C(CCCCCCCCCC)[N+]1(C)CCCCCCCCCC.